The summed E-state index contributed by atoms with van der Waals surface area (Å²) >= 11 is 0. The number of hydrogen-bond donors (Lipinski definition) is 1. The summed E-state index contributed by atoms with van der Waals surface area (Å²) in [6, 6.07) is 10.6. The first-order valence-electron chi connectivity index (χ1n) is 8.13. The Kier molecular flexibility index (Phi) is 6.22. The van der Waals surface area contributed by atoms with E-state index in [1.807, 2.05) is 19.9 Å². The number of nitrogens with one attached hydrogen (secondary N) is 1. The third-order valence-electron chi connectivity index (χ3n) is 4.07. The predicted octanol–water partition coefficient (Wildman–Crippen LogP) is 2.82. The van der Waals surface area contributed by atoms with Gasteiger partial charge in [-0.1, -0.05) is 12.1 Å². The van der Waals surface area contributed by atoms with Crippen LogP contribution in [-0.4, -0.2) is 33.6 Å². The van der Waals surface area contributed by atoms with Gasteiger partial charge in [-0.2, -0.15) is 0 Å². The molecule has 0 radical (unpaired) electrons. The minimum atomic E-state index is -3.81. The maximum Gasteiger partial charge on any atom is 0.346 e. The minimum absolute atomic E-state index is 0.000900. The number of anilines is 1. The normalized spacial score (nSPS) is 12.1. The van der Waals surface area contributed by atoms with Gasteiger partial charge in [0.2, 0.25) is 0 Å². The molecule has 0 bridgehead atoms. The van der Waals surface area contributed by atoms with E-state index in [1.165, 1.54) is 38.3 Å². The van der Waals surface area contributed by atoms with Crippen molar-refractivity contribution in [3.63, 3.8) is 0 Å². The standard InChI is InChI=1S/C19H21NO6S/c1-12-6-5-7-17(13(12)2)20-27(23,24)16-10-8-15(9-11-16)19(22)26-14(3)18(21)25-4/h5-11,14,20H,1-4H3/t14-/m1/s1. The summed E-state index contributed by atoms with van der Waals surface area (Å²) in [6.07, 6.45) is -1.06. The summed E-state index contributed by atoms with van der Waals surface area (Å²) in [7, 11) is -2.62. The lowest BCUT2D eigenvalue weighted by Crippen LogP contribution is -2.25. The van der Waals surface area contributed by atoms with Gasteiger partial charge in [0.1, 0.15) is 0 Å². The van der Waals surface area contributed by atoms with Crippen LogP contribution >= 0.6 is 0 Å². The number of ether oxygens (including phenoxy) is 2. The molecule has 2 rings (SSSR count). The third-order valence-corrected chi connectivity index (χ3v) is 5.45. The van der Waals surface area contributed by atoms with Gasteiger partial charge in [0.05, 0.1) is 23.3 Å². The molecule has 0 aromatic heterocycles. The van der Waals surface area contributed by atoms with Crippen molar-refractivity contribution in [2.24, 2.45) is 0 Å². The second kappa shape index (κ2) is 8.22. The molecule has 7 nitrogen and oxygen atoms in total. The Labute approximate surface area is 158 Å². The van der Waals surface area contributed by atoms with E-state index in [0.717, 1.165) is 11.1 Å². The Morgan fingerprint density at radius 2 is 1.67 bits per heavy atom. The molecule has 2 aromatic carbocycles. The molecule has 0 amide bonds. The van der Waals surface area contributed by atoms with Crippen molar-refractivity contribution in [3.8, 4) is 0 Å². The summed E-state index contributed by atoms with van der Waals surface area (Å²) in [4.78, 5) is 23.3. The highest BCUT2D eigenvalue weighted by atomic mass is 32.2. The molecule has 27 heavy (non-hydrogen) atoms. The fourth-order valence-corrected chi connectivity index (χ4v) is 3.40. The summed E-state index contributed by atoms with van der Waals surface area (Å²) in [5.41, 5.74) is 2.41. The predicted molar refractivity (Wildman–Crippen MR) is 100 cm³/mol. The smallest absolute Gasteiger partial charge is 0.346 e. The van der Waals surface area contributed by atoms with Crippen LogP contribution in [0.2, 0.25) is 0 Å². The molecule has 144 valence electrons. The van der Waals surface area contributed by atoms with E-state index in [1.54, 1.807) is 12.1 Å². The monoisotopic (exact) mass is 391 g/mol. The van der Waals surface area contributed by atoms with Gasteiger partial charge in [0.25, 0.3) is 10.0 Å². The lowest BCUT2D eigenvalue weighted by atomic mass is 10.1. The first kappa shape index (κ1) is 20.4. The molecule has 1 atom stereocenters. The molecule has 0 aliphatic heterocycles. The third kappa shape index (κ3) is 4.85. The van der Waals surface area contributed by atoms with Crippen molar-refractivity contribution in [1.82, 2.24) is 0 Å². The van der Waals surface area contributed by atoms with Gasteiger partial charge in [0.15, 0.2) is 6.10 Å². The number of carbonyl (C=O) groups is 2. The van der Waals surface area contributed by atoms with Crippen LogP contribution in [0.3, 0.4) is 0 Å². The van der Waals surface area contributed by atoms with E-state index in [2.05, 4.69) is 9.46 Å². The lowest BCUT2D eigenvalue weighted by molar-refractivity contribution is -0.149. The van der Waals surface area contributed by atoms with E-state index in [9.17, 15) is 18.0 Å². The maximum atomic E-state index is 12.6. The van der Waals surface area contributed by atoms with Crippen LogP contribution in [0, 0.1) is 13.8 Å². The summed E-state index contributed by atoms with van der Waals surface area (Å²) in [5.74, 6) is -1.43. The molecule has 0 saturated carbocycles. The quantitative estimate of drug-likeness (QED) is 0.760. The fourth-order valence-electron chi connectivity index (χ4n) is 2.28. The zero-order valence-electron chi connectivity index (χ0n) is 15.5. The highest BCUT2D eigenvalue weighted by Gasteiger charge is 2.21. The van der Waals surface area contributed by atoms with Crippen molar-refractivity contribution < 1.29 is 27.5 Å². The molecule has 1 N–H and O–H groups in total. The number of aryl methyl sites for hydroxylation is 1. The van der Waals surface area contributed by atoms with Crippen molar-refractivity contribution in [1.29, 1.82) is 0 Å². The van der Waals surface area contributed by atoms with E-state index >= 15 is 0 Å². The van der Waals surface area contributed by atoms with E-state index in [-0.39, 0.29) is 10.5 Å². The average Bonchev–Trinajstić information content (AvgIpc) is 2.64. The number of rotatable bonds is 6. The van der Waals surface area contributed by atoms with Crippen LogP contribution in [0.1, 0.15) is 28.4 Å². The second-order valence-corrected chi connectivity index (χ2v) is 7.63. The van der Waals surface area contributed by atoms with Crippen LogP contribution < -0.4 is 4.72 Å². The van der Waals surface area contributed by atoms with Gasteiger partial charge in [-0.25, -0.2) is 18.0 Å². The largest absolute Gasteiger partial charge is 0.466 e. The van der Waals surface area contributed by atoms with E-state index in [4.69, 9.17) is 4.74 Å². The molecular formula is C19H21NO6S. The number of benzene rings is 2. The average molecular weight is 391 g/mol. The molecule has 0 aliphatic rings. The molecule has 8 heteroatoms. The van der Waals surface area contributed by atoms with Crippen molar-refractivity contribution in [2.75, 3.05) is 11.8 Å². The Hall–Kier alpha value is -2.87. The van der Waals surface area contributed by atoms with Crippen LogP contribution in [0.4, 0.5) is 5.69 Å². The fraction of sp³-hybridized carbons (Fsp3) is 0.263. The topological polar surface area (TPSA) is 98.8 Å². The van der Waals surface area contributed by atoms with Crippen molar-refractivity contribution in [2.45, 2.75) is 31.8 Å². The Bertz CT molecular complexity index is 951. The van der Waals surface area contributed by atoms with Crippen LogP contribution in [0.25, 0.3) is 0 Å². The first-order valence-corrected chi connectivity index (χ1v) is 9.62. The lowest BCUT2D eigenvalue weighted by Gasteiger charge is -2.13. The molecule has 0 unspecified atom stereocenters. The molecule has 0 saturated heterocycles. The maximum absolute atomic E-state index is 12.6. The minimum Gasteiger partial charge on any atom is -0.466 e. The van der Waals surface area contributed by atoms with Gasteiger partial charge in [-0.05, 0) is 62.2 Å². The molecule has 2 aromatic rings. The van der Waals surface area contributed by atoms with Crippen LogP contribution in [0.15, 0.2) is 47.4 Å². The van der Waals surface area contributed by atoms with Gasteiger partial charge in [-0.3, -0.25) is 4.72 Å². The number of esters is 2. The van der Waals surface area contributed by atoms with Crippen molar-refractivity contribution in [3.05, 3.63) is 59.2 Å². The van der Waals surface area contributed by atoms with Gasteiger partial charge in [0, 0.05) is 0 Å². The number of methoxy groups -OCH3 is 1. The number of carbonyl (C=O) groups excluding carboxylic acids is 2. The highest BCUT2D eigenvalue weighted by Crippen LogP contribution is 2.22. The Morgan fingerprint density at radius 3 is 2.26 bits per heavy atom. The molecule has 0 spiro atoms. The van der Waals surface area contributed by atoms with E-state index in [0.29, 0.717) is 5.69 Å². The SMILES string of the molecule is COC(=O)[C@@H](C)OC(=O)c1ccc(S(=O)(=O)Nc2cccc(C)c2C)cc1. The Morgan fingerprint density at radius 1 is 1.04 bits per heavy atom. The number of sulfonamides is 1. The summed E-state index contributed by atoms with van der Waals surface area (Å²) in [6.45, 7) is 5.11. The van der Waals surface area contributed by atoms with Crippen molar-refractivity contribution >= 4 is 27.6 Å². The molecule has 0 fully saturated rings. The number of hydrogen-bond acceptors (Lipinski definition) is 6. The summed E-state index contributed by atoms with van der Waals surface area (Å²) in [5, 5.41) is 0. The first-order chi connectivity index (χ1) is 12.7. The zero-order valence-corrected chi connectivity index (χ0v) is 16.3. The van der Waals surface area contributed by atoms with Crippen LogP contribution in [0.5, 0.6) is 0 Å². The zero-order chi connectivity index (χ0) is 20.2. The van der Waals surface area contributed by atoms with Gasteiger partial charge >= 0.3 is 11.9 Å². The Balaban J connectivity index is 2.17. The van der Waals surface area contributed by atoms with Crippen LogP contribution in [-0.2, 0) is 24.3 Å². The molecular weight excluding hydrogens is 370 g/mol. The van der Waals surface area contributed by atoms with Gasteiger partial charge in [-0.15, -0.1) is 0 Å². The van der Waals surface area contributed by atoms with Gasteiger partial charge < -0.3 is 9.47 Å². The summed E-state index contributed by atoms with van der Waals surface area (Å²) < 4.78 is 37.1. The molecule has 0 heterocycles. The van der Waals surface area contributed by atoms with E-state index < -0.39 is 28.1 Å². The molecule has 0 aliphatic carbocycles. The highest BCUT2D eigenvalue weighted by molar-refractivity contribution is 7.92. The second-order valence-electron chi connectivity index (χ2n) is 5.95.